The number of esters is 1. The lowest BCUT2D eigenvalue weighted by molar-refractivity contribution is -0.145. The zero-order valence-corrected chi connectivity index (χ0v) is 12.1. The molecule has 110 valence electrons. The lowest BCUT2D eigenvalue weighted by Gasteiger charge is -2.17. The molecule has 0 radical (unpaired) electrons. The zero-order valence-electron chi connectivity index (χ0n) is 12.1. The molecule has 2 unspecified atom stereocenters. The average Bonchev–Trinajstić information content (AvgIpc) is 2.50. The van der Waals surface area contributed by atoms with Gasteiger partial charge < -0.3 is 14.8 Å². The fourth-order valence-corrected chi connectivity index (χ4v) is 1.73. The van der Waals surface area contributed by atoms with Gasteiger partial charge in [-0.3, -0.25) is 4.79 Å². The SMILES string of the molecule is COC(=O)C(NC(=O)CCC(C)OC)c1ccccc1. The molecule has 0 bridgehead atoms. The molecule has 5 heteroatoms. The Balaban J connectivity index is 2.67. The van der Waals surface area contributed by atoms with Crippen LogP contribution in [0.25, 0.3) is 0 Å². The summed E-state index contributed by atoms with van der Waals surface area (Å²) in [4.78, 5) is 23.7. The predicted octanol–water partition coefficient (Wildman–Crippen LogP) is 1.83. The van der Waals surface area contributed by atoms with Gasteiger partial charge in [-0.15, -0.1) is 0 Å². The van der Waals surface area contributed by atoms with Crippen LogP contribution in [0.5, 0.6) is 0 Å². The lowest BCUT2D eigenvalue weighted by Crippen LogP contribution is -2.34. The van der Waals surface area contributed by atoms with E-state index < -0.39 is 12.0 Å². The molecule has 20 heavy (non-hydrogen) atoms. The Kier molecular flexibility index (Phi) is 6.73. The monoisotopic (exact) mass is 279 g/mol. The highest BCUT2D eigenvalue weighted by atomic mass is 16.5. The van der Waals surface area contributed by atoms with E-state index in [0.717, 1.165) is 0 Å². The molecule has 0 saturated heterocycles. The minimum absolute atomic E-state index is 0.00838. The molecule has 1 aromatic rings. The van der Waals surface area contributed by atoms with Gasteiger partial charge in [0.25, 0.3) is 0 Å². The Hall–Kier alpha value is -1.88. The highest BCUT2D eigenvalue weighted by Gasteiger charge is 2.23. The molecule has 1 N–H and O–H groups in total. The van der Waals surface area contributed by atoms with Crippen molar-refractivity contribution in [2.24, 2.45) is 0 Å². The summed E-state index contributed by atoms with van der Waals surface area (Å²) < 4.78 is 9.82. The van der Waals surface area contributed by atoms with Crippen molar-refractivity contribution in [3.8, 4) is 0 Å². The quantitative estimate of drug-likeness (QED) is 0.773. The van der Waals surface area contributed by atoms with Crippen molar-refractivity contribution < 1.29 is 19.1 Å². The molecule has 0 aliphatic heterocycles. The van der Waals surface area contributed by atoms with E-state index in [0.29, 0.717) is 18.4 Å². The number of benzene rings is 1. The van der Waals surface area contributed by atoms with E-state index >= 15 is 0 Å². The molecule has 0 aromatic heterocycles. The van der Waals surface area contributed by atoms with E-state index in [1.165, 1.54) is 7.11 Å². The topological polar surface area (TPSA) is 64.6 Å². The Labute approximate surface area is 119 Å². The maximum atomic E-state index is 11.9. The van der Waals surface area contributed by atoms with Crippen LogP contribution in [-0.2, 0) is 19.1 Å². The summed E-state index contributed by atoms with van der Waals surface area (Å²) in [6.45, 7) is 1.89. The molecule has 0 fully saturated rings. The second-order valence-electron chi connectivity index (χ2n) is 4.52. The number of nitrogens with one attached hydrogen (secondary N) is 1. The standard InChI is InChI=1S/C15H21NO4/c1-11(19-2)9-10-13(17)16-14(15(18)20-3)12-7-5-4-6-8-12/h4-8,11,14H,9-10H2,1-3H3,(H,16,17). The van der Waals surface area contributed by atoms with Crippen molar-refractivity contribution in [1.82, 2.24) is 5.32 Å². The van der Waals surface area contributed by atoms with Crippen LogP contribution in [0.4, 0.5) is 0 Å². The highest BCUT2D eigenvalue weighted by Crippen LogP contribution is 2.14. The van der Waals surface area contributed by atoms with Crippen LogP contribution in [0, 0.1) is 0 Å². The van der Waals surface area contributed by atoms with Crippen molar-refractivity contribution in [3.05, 3.63) is 35.9 Å². The molecule has 1 rings (SSSR count). The van der Waals surface area contributed by atoms with Gasteiger partial charge in [0.05, 0.1) is 13.2 Å². The number of methoxy groups -OCH3 is 2. The van der Waals surface area contributed by atoms with Crippen LogP contribution < -0.4 is 5.32 Å². The zero-order chi connectivity index (χ0) is 15.0. The predicted molar refractivity (Wildman–Crippen MR) is 75.0 cm³/mol. The molecule has 0 heterocycles. The van der Waals surface area contributed by atoms with Crippen molar-refractivity contribution in [3.63, 3.8) is 0 Å². The third-order valence-electron chi connectivity index (χ3n) is 3.06. The summed E-state index contributed by atoms with van der Waals surface area (Å²) in [5.74, 6) is -0.683. The summed E-state index contributed by atoms with van der Waals surface area (Å²) in [7, 11) is 2.90. The first kappa shape index (κ1) is 16.2. The molecule has 1 aromatic carbocycles. The number of carbonyl (C=O) groups is 2. The second kappa shape index (κ2) is 8.32. The summed E-state index contributed by atoms with van der Waals surface area (Å²) in [6, 6.07) is 8.25. The number of carbonyl (C=O) groups excluding carboxylic acids is 2. The van der Waals surface area contributed by atoms with Gasteiger partial charge in [-0.1, -0.05) is 30.3 Å². The molecule has 2 atom stereocenters. The van der Waals surface area contributed by atoms with Gasteiger partial charge >= 0.3 is 5.97 Å². The minimum atomic E-state index is -0.772. The van der Waals surface area contributed by atoms with Gasteiger partial charge in [0.15, 0.2) is 6.04 Å². The smallest absolute Gasteiger partial charge is 0.333 e. The molecular formula is C15H21NO4. The number of rotatable bonds is 7. The van der Waals surface area contributed by atoms with E-state index in [4.69, 9.17) is 9.47 Å². The molecule has 1 amide bonds. The van der Waals surface area contributed by atoms with Crippen LogP contribution in [0.3, 0.4) is 0 Å². The van der Waals surface area contributed by atoms with Gasteiger partial charge in [0.1, 0.15) is 0 Å². The third-order valence-corrected chi connectivity index (χ3v) is 3.06. The van der Waals surface area contributed by atoms with Crippen LogP contribution in [0.1, 0.15) is 31.4 Å². The van der Waals surface area contributed by atoms with Crippen molar-refractivity contribution >= 4 is 11.9 Å². The Morgan fingerprint density at radius 3 is 2.40 bits per heavy atom. The van der Waals surface area contributed by atoms with Gasteiger partial charge in [0.2, 0.25) is 5.91 Å². The summed E-state index contributed by atoms with van der Waals surface area (Å²) >= 11 is 0. The van der Waals surface area contributed by atoms with Gasteiger partial charge in [-0.2, -0.15) is 0 Å². The number of hydrogen-bond acceptors (Lipinski definition) is 4. The van der Waals surface area contributed by atoms with Crippen molar-refractivity contribution in [2.45, 2.75) is 31.9 Å². The fraction of sp³-hybridized carbons (Fsp3) is 0.467. The third kappa shape index (κ3) is 5.01. The Morgan fingerprint density at radius 2 is 1.85 bits per heavy atom. The van der Waals surface area contributed by atoms with Crippen LogP contribution in [-0.4, -0.2) is 32.2 Å². The van der Waals surface area contributed by atoms with E-state index in [-0.39, 0.29) is 12.0 Å². The normalized spacial score (nSPS) is 13.3. The summed E-state index contributed by atoms with van der Waals surface area (Å²) in [5, 5.41) is 2.69. The first-order chi connectivity index (χ1) is 9.58. The Bertz CT molecular complexity index is 433. The first-order valence-electron chi connectivity index (χ1n) is 6.53. The largest absolute Gasteiger partial charge is 0.467 e. The van der Waals surface area contributed by atoms with Crippen molar-refractivity contribution in [2.75, 3.05) is 14.2 Å². The van der Waals surface area contributed by atoms with Gasteiger partial charge in [-0.05, 0) is 18.9 Å². The van der Waals surface area contributed by atoms with E-state index in [1.807, 2.05) is 25.1 Å². The molecule has 0 saturated carbocycles. The second-order valence-corrected chi connectivity index (χ2v) is 4.52. The minimum Gasteiger partial charge on any atom is -0.467 e. The van der Waals surface area contributed by atoms with Crippen LogP contribution in [0.15, 0.2) is 30.3 Å². The van der Waals surface area contributed by atoms with E-state index in [9.17, 15) is 9.59 Å². The van der Waals surface area contributed by atoms with Gasteiger partial charge in [0, 0.05) is 13.5 Å². The Morgan fingerprint density at radius 1 is 1.20 bits per heavy atom. The number of amides is 1. The molecule has 5 nitrogen and oxygen atoms in total. The maximum Gasteiger partial charge on any atom is 0.333 e. The van der Waals surface area contributed by atoms with E-state index in [1.54, 1.807) is 19.2 Å². The molecular weight excluding hydrogens is 258 g/mol. The fourth-order valence-electron chi connectivity index (χ4n) is 1.73. The summed E-state index contributed by atoms with van der Waals surface area (Å²) in [6.07, 6.45) is 0.912. The van der Waals surface area contributed by atoms with Crippen LogP contribution in [0.2, 0.25) is 0 Å². The molecule has 0 spiro atoms. The number of hydrogen-bond donors (Lipinski definition) is 1. The van der Waals surface area contributed by atoms with Crippen LogP contribution >= 0.6 is 0 Å². The molecule has 0 aliphatic carbocycles. The van der Waals surface area contributed by atoms with E-state index in [2.05, 4.69) is 5.32 Å². The maximum absolute atomic E-state index is 11.9. The number of ether oxygens (including phenoxy) is 2. The van der Waals surface area contributed by atoms with Gasteiger partial charge in [-0.25, -0.2) is 4.79 Å². The lowest BCUT2D eigenvalue weighted by atomic mass is 10.1. The highest BCUT2D eigenvalue weighted by molar-refractivity contribution is 5.85. The summed E-state index contributed by atoms with van der Waals surface area (Å²) in [5.41, 5.74) is 0.701. The van der Waals surface area contributed by atoms with Crippen molar-refractivity contribution in [1.29, 1.82) is 0 Å². The molecule has 0 aliphatic rings. The first-order valence-corrected chi connectivity index (χ1v) is 6.53. The average molecular weight is 279 g/mol.